The van der Waals surface area contributed by atoms with E-state index in [0.29, 0.717) is 0 Å². The molecule has 5 atom stereocenters. The third kappa shape index (κ3) is 10.2. The van der Waals surface area contributed by atoms with Gasteiger partial charge in [0.1, 0.15) is 6.10 Å². The fourth-order valence-corrected chi connectivity index (χ4v) is 3.96. The molecule has 4 heteroatoms. The van der Waals surface area contributed by atoms with Crippen molar-refractivity contribution in [3.63, 3.8) is 0 Å². The molecule has 0 amide bonds. The van der Waals surface area contributed by atoms with Crippen LogP contribution in [0.5, 0.6) is 0 Å². The minimum Gasteiger partial charge on any atom is -0.390 e. The van der Waals surface area contributed by atoms with Crippen LogP contribution in [0.25, 0.3) is 0 Å². The van der Waals surface area contributed by atoms with Crippen LogP contribution in [0.4, 0.5) is 0 Å². The molecule has 0 bridgehead atoms. The lowest BCUT2D eigenvalue weighted by Crippen LogP contribution is -2.38. The summed E-state index contributed by atoms with van der Waals surface area (Å²) in [5.41, 5.74) is 0. The van der Waals surface area contributed by atoms with Crippen LogP contribution in [0, 0.1) is 5.92 Å². The van der Waals surface area contributed by atoms with Gasteiger partial charge < -0.3 is 20.1 Å². The zero-order valence-electron chi connectivity index (χ0n) is 17.2. The Hall–Kier alpha value is -0.160. The molecule has 1 heterocycles. The zero-order valence-corrected chi connectivity index (χ0v) is 17.2. The molecule has 1 aliphatic rings. The van der Waals surface area contributed by atoms with Crippen molar-refractivity contribution in [2.24, 2.45) is 5.92 Å². The van der Waals surface area contributed by atoms with Crippen molar-refractivity contribution in [2.75, 3.05) is 0 Å². The Labute approximate surface area is 161 Å². The van der Waals surface area contributed by atoms with Crippen LogP contribution < -0.4 is 0 Å². The van der Waals surface area contributed by atoms with E-state index < -0.39 is 24.6 Å². The Kier molecular flexibility index (Phi) is 13.6. The summed E-state index contributed by atoms with van der Waals surface area (Å²) in [5.74, 6) is 0.0904. The monoisotopic (exact) mass is 372 g/mol. The van der Waals surface area contributed by atoms with Crippen molar-refractivity contribution in [2.45, 2.75) is 135 Å². The number of aliphatic hydroxyl groups is 3. The van der Waals surface area contributed by atoms with E-state index in [1.165, 1.54) is 77.0 Å². The highest BCUT2D eigenvalue weighted by atomic mass is 16.6. The average Bonchev–Trinajstić information content (AvgIpc) is 2.96. The van der Waals surface area contributed by atoms with Gasteiger partial charge in [-0.25, -0.2) is 0 Å². The van der Waals surface area contributed by atoms with Crippen LogP contribution in [-0.4, -0.2) is 39.9 Å². The molecule has 1 fully saturated rings. The second-order valence-electron chi connectivity index (χ2n) is 8.36. The van der Waals surface area contributed by atoms with E-state index >= 15 is 0 Å². The fourth-order valence-electron chi connectivity index (χ4n) is 3.96. The van der Waals surface area contributed by atoms with Gasteiger partial charge in [0.2, 0.25) is 0 Å². The first kappa shape index (κ1) is 23.9. The minimum atomic E-state index is -0.937. The molecule has 0 aromatic rings. The summed E-state index contributed by atoms with van der Waals surface area (Å²) in [6.45, 7) is 4.27. The van der Waals surface area contributed by atoms with Gasteiger partial charge in [-0.2, -0.15) is 0 Å². The summed E-state index contributed by atoms with van der Waals surface area (Å²) in [4.78, 5) is 0. The van der Waals surface area contributed by atoms with Crippen LogP contribution in [0.15, 0.2) is 0 Å². The molecule has 26 heavy (non-hydrogen) atoms. The minimum absolute atomic E-state index is 0.0904. The summed E-state index contributed by atoms with van der Waals surface area (Å²) < 4.78 is 5.23. The highest BCUT2D eigenvalue weighted by molar-refractivity contribution is 4.86. The van der Waals surface area contributed by atoms with E-state index in [2.05, 4.69) is 6.92 Å². The first-order valence-electron chi connectivity index (χ1n) is 11.3. The summed E-state index contributed by atoms with van der Waals surface area (Å²) >= 11 is 0. The van der Waals surface area contributed by atoms with Crippen molar-refractivity contribution < 1.29 is 20.1 Å². The Morgan fingerprint density at radius 1 is 0.808 bits per heavy atom. The standard InChI is InChI=1S/C22H44O4/c1-3-4-5-6-7-8-9-10-11-12-13-14-15-16-18(2)21(25)22-19(23)17-20(24)26-22/h18-25H,3-17H2,1-2H3/t18?,19-,20?,21?,22+/m1/s1. The van der Waals surface area contributed by atoms with Gasteiger partial charge in [-0.3, -0.25) is 0 Å². The van der Waals surface area contributed by atoms with E-state index in [1.807, 2.05) is 6.92 Å². The van der Waals surface area contributed by atoms with E-state index in [9.17, 15) is 15.3 Å². The average molecular weight is 373 g/mol. The molecule has 0 saturated carbocycles. The summed E-state index contributed by atoms with van der Waals surface area (Å²) in [5, 5.41) is 29.5. The van der Waals surface area contributed by atoms with Crippen molar-refractivity contribution in [3.8, 4) is 0 Å². The maximum atomic E-state index is 10.3. The second kappa shape index (κ2) is 14.8. The van der Waals surface area contributed by atoms with E-state index in [-0.39, 0.29) is 12.3 Å². The molecule has 4 nitrogen and oxygen atoms in total. The third-order valence-electron chi connectivity index (χ3n) is 5.82. The molecule has 0 aromatic carbocycles. The van der Waals surface area contributed by atoms with Crippen LogP contribution in [0.3, 0.4) is 0 Å². The second-order valence-corrected chi connectivity index (χ2v) is 8.36. The molecule has 1 aliphatic heterocycles. The molecular formula is C22H44O4. The Morgan fingerprint density at radius 2 is 1.27 bits per heavy atom. The maximum absolute atomic E-state index is 10.3. The number of aliphatic hydroxyl groups excluding tert-OH is 3. The lowest BCUT2D eigenvalue weighted by Gasteiger charge is -2.26. The lowest BCUT2D eigenvalue weighted by atomic mass is 9.91. The molecule has 0 aliphatic carbocycles. The lowest BCUT2D eigenvalue weighted by molar-refractivity contribution is -0.139. The smallest absolute Gasteiger partial charge is 0.157 e. The van der Waals surface area contributed by atoms with Crippen molar-refractivity contribution in [1.29, 1.82) is 0 Å². The zero-order chi connectivity index (χ0) is 19.2. The number of hydrogen-bond donors (Lipinski definition) is 3. The Morgan fingerprint density at radius 3 is 1.69 bits per heavy atom. The first-order chi connectivity index (χ1) is 12.6. The quantitative estimate of drug-likeness (QED) is 0.336. The van der Waals surface area contributed by atoms with E-state index in [0.717, 1.165) is 12.8 Å². The first-order valence-corrected chi connectivity index (χ1v) is 11.3. The van der Waals surface area contributed by atoms with Gasteiger partial charge >= 0.3 is 0 Å². The predicted octanol–water partition coefficient (Wildman–Crippen LogP) is 4.93. The van der Waals surface area contributed by atoms with Crippen LogP contribution in [-0.2, 0) is 4.74 Å². The molecule has 3 N–H and O–H groups in total. The largest absolute Gasteiger partial charge is 0.390 e. The van der Waals surface area contributed by atoms with E-state index in [4.69, 9.17) is 4.74 Å². The molecule has 0 spiro atoms. The number of unbranched alkanes of at least 4 members (excludes halogenated alkanes) is 12. The molecular weight excluding hydrogens is 328 g/mol. The van der Waals surface area contributed by atoms with E-state index in [1.54, 1.807) is 0 Å². The number of hydrogen-bond acceptors (Lipinski definition) is 4. The topological polar surface area (TPSA) is 69.9 Å². The van der Waals surface area contributed by atoms with Crippen molar-refractivity contribution in [3.05, 3.63) is 0 Å². The number of ether oxygens (including phenoxy) is 1. The normalized spacial score (nSPS) is 25.5. The molecule has 3 unspecified atom stereocenters. The van der Waals surface area contributed by atoms with Crippen LogP contribution in [0.2, 0.25) is 0 Å². The predicted molar refractivity (Wildman–Crippen MR) is 107 cm³/mol. The summed E-state index contributed by atoms with van der Waals surface area (Å²) in [7, 11) is 0. The Bertz CT molecular complexity index is 323. The molecule has 1 saturated heterocycles. The number of rotatable bonds is 16. The van der Waals surface area contributed by atoms with Crippen LogP contribution in [0.1, 0.15) is 110 Å². The molecule has 0 radical (unpaired) electrons. The summed E-state index contributed by atoms with van der Waals surface area (Å²) in [6, 6.07) is 0. The van der Waals surface area contributed by atoms with Gasteiger partial charge in [-0.05, 0) is 12.3 Å². The maximum Gasteiger partial charge on any atom is 0.157 e. The molecule has 1 rings (SSSR count). The van der Waals surface area contributed by atoms with Crippen molar-refractivity contribution >= 4 is 0 Å². The SMILES string of the molecule is CCCCCCCCCCCCCCCC(C)C(O)[C@H]1OC(O)C[C@H]1O. The van der Waals surface area contributed by atoms with Gasteiger partial charge in [0.25, 0.3) is 0 Å². The van der Waals surface area contributed by atoms with Gasteiger partial charge in [0, 0.05) is 6.42 Å². The molecule has 0 aromatic heterocycles. The van der Waals surface area contributed by atoms with Gasteiger partial charge in [0.05, 0.1) is 12.2 Å². The van der Waals surface area contributed by atoms with Gasteiger partial charge in [-0.1, -0.05) is 97.3 Å². The molecule has 156 valence electrons. The fraction of sp³-hybridized carbons (Fsp3) is 1.00. The van der Waals surface area contributed by atoms with Crippen LogP contribution >= 0.6 is 0 Å². The highest BCUT2D eigenvalue weighted by Gasteiger charge is 2.39. The van der Waals surface area contributed by atoms with Crippen molar-refractivity contribution in [1.82, 2.24) is 0 Å². The van der Waals surface area contributed by atoms with Gasteiger partial charge in [-0.15, -0.1) is 0 Å². The Balaban J connectivity index is 1.89. The van der Waals surface area contributed by atoms with Gasteiger partial charge in [0.15, 0.2) is 6.29 Å². The third-order valence-corrected chi connectivity index (χ3v) is 5.82. The highest BCUT2D eigenvalue weighted by Crippen LogP contribution is 2.27. The summed E-state index contributed by atoms with van der Waals surface area (Å²) in [6.07, 6.45) is 15.5.